The van der Waals surface area contributed by atoms with Crippen LogP contribution in [-0.2, 0) is 0 Å². The Hall–Kier alpha value is -2.94. The van der Waals surface area contributed by atoms with Crippen molar-refractivity contribution in [2.75, 3.05) is 0 Å². The predicted molar refractivity (Wildman–Crippen MR) is 80.4 cm³/mol. The van der Waals surface area contributed by atoms with Crippen LogP contribution in [0.15, 0.2) is 79.1 Å². The third-order valence-corrected chi connectivity index (χ3v) is 3.68. The number of carbonyl (C=O) groups is 1. The van der Waals surface area contributed by atoms with Gasteiger partial charge in [-0.25, -0.2) is 0 Å². The van der Waals surface area contributed by atoms with Crippen molar-refractivity contribution in [3.8, 4) is 0 Å². The van der Waals surface area contributed by atoms with E-state index in [1.165, 1.54) is 0 Å². The summed E-state index contributed by atoms with van der Waals surface area (Å²) in [4.78, 5) is 12.9. The van der Waals surface area contributed by atoms with Crippen LogP contribution in [0, 0.1) is 0 Å². The molecule has 3 heterocycles. The number of aromatic nitrogens is 2. The average Bonchev–Trinajstić information content (AvgIpc) is 2.90. The van der Waals surface area contributed by atoms with Gasteiger partial charge in [-0.1, -0.05) is 42.5 Å². The van der Waals surface area contributed by atoms with E-state index in [0.717, 1.165) is 11.2 Å². The molecule has 0 unspecified atom stereocenters. The molecule has 0 spiro atoms. The average molecular weight is 273 g/mol. The van der Waals surface area contributed by atoms with E-state index < -0.39 is 0 Å². The van der Waals surface area contributed by atoms with Gasteiger partial charge in [0.2, 0.25) is 11.5 Å². The molecule has 3 nitrogen and oxygen atoms in total. The minimum atomic E-state index is 0.0329. The Balaban J connectivity index is 2.09. The van der Waals surface area contributed by atoms with Crippen LogP contribution >= 0.6 is 0 Å². The first-order valence-electron chi connectivity index (χ1n) is 6.85. The van der Waals surface area contributed by atoms with Crippen LogP contribution in [0.5, 0.6) is 0 Å². The van der Waals surface area contributed by atoms with Gasteiger partial charge in [-0.2, -0.15) is 8.80 Å². The summed E-state index contributed by atoms with van der Waals surface area (Å²) in [6.45, 7) is 0. The van der Waals surface area contributed by atoms with Gasteiger partial charge in [-0.15, -0.1) is 0 Å². The summed E-state index contributed by atoms with van der Waals surface area (Å²) in [7, 11) is 0. The maximum atomic E-state index is 12.9. The molecule has 100 valence electrons. The highest BCUT2D eigenvalue weighted by Gasteiger charge is 2.25. The molecule has 3 aromatic heterocycles. The van der Waals surface area contributed by atoms with E-state index in [4.69, 9.17) is 0 Å². The molecule has 21 heavy (non-hydrogen) atoms. The lowest BCUT2D eigenvalue weighted by Gasteiger charge is -1.96. The van der Waals surface area contributed by atoms with Crippen LogP contribution in [0.2, 0.25) is 0 Å². The number of benzene rings is 1. The molecule has 0 aliphatic carbocycles. The zero-order valence-electron chi connectivity index (χ0n) is 11.3. The lowest BCUT2D eigenvalue weighted by molar-refractivity contribution is -0.512. The molecule has 0 aliphatic rings. The van der Waals surface area contributed by atoms with E-state index in [9.17, 15) is 4.79 Å². The summed E-state index contributed by atoms with van der Waals surface area (Å²) < 4.78 is 3.99. The molecule has 4 rings (SSSR count). The van der Waals surface area contributed by atoms with Crippen LogP contribution in [0.4, 0.5) is 0 Å². The van der Waals surface area contributed by atoms with Gasteiger partial charge in [0.05, 0.1) is 12.4 Å². The highest BCUT2D eigenvalue weighted by atomic mass is 16.1. The van der Waals surface area contributed by atoms with Crippen LogP contribution in [0.25, 0.3) is 11.2 Å². The molecular formula is C18H13N2O+. The van der Waals surface area contributed by atoms with Crippen molar-refractivity contribution in [2.24, 2.45) is 0 Å². The lowest BCUT2D eigenvalue weighted by Crippen LogP contribution is -2.27. The van der Waals surface area contributed by atoms with E-state index in [1.807, 2.05) is 87.9 Å². The number of carbonyl (C=O) groups excluding carboxylic acids is 1. The van der Waals surface area contributed by atoms with Crippen molar-refractivity contribution in [3.63, 3.8) is 0 Å². The smallest absolute Gasteiger partial charge is 0.284 e. The van der Waals surface area contributed by atoms with Crippen molar-refractivity contribution in [1.82, 2.24) is 4.40 Å². The Bertz CT molecular complexity index is 901. The quantitative estimate of drug-likeness (QED) is 0.407. The molecule has 4 aromatic rings. The summed E-state index contributed by atoms with van der Waals surface area (Å²) in [5.74, 6) is 0.0329. The van der Waals surface area contributed by atoms with Gasteiger partial charge in [-0.3, -0.25) is 4.79 Å². The van der Waals surface area contributed by atoms with E-state index in [2.05, 4.69) is 0 Å². The largest absolute Gasteiger partial charge is 0.291 e. The Labute approximate surface area is 121 Å². The van der Waals surface area contributed by atoms with Crippen molar-refractivity contribution in [2.45, 2.75) is 0 Å². The van der Waals surface area contributed by atoms with Crippen LogP contribution in [0.1, 0.15) is 16.1 Å². The standard InChI is InChI=1S/C18H13N2O/c21-18(14-8-2-1-3-9-14)17-15-10-4-6-12-19(15)16-11-5-7-13-20(16)17/h1-13H/q+1. The van der Waals surface area contributed by atoms with Gasteiger partial charge < -0.3 is 0 Å². The summed E-state index contributed by atoms with van der Waals surface area (Å²) in [5.41, 5.74) is 3.29. The maximum absolute atomic E-state index is 12.9. The predicted octanol–water partition coefficient (Wildman–Crippen LogP) is 2.91. The summed E-state index contributed by atoms with van der Waals surface area (Å²) in [6, 6.07) is 21.2. The molecule has 1 aromatic carbocycles. The number of ketones is 1. The highest BCUT2D eigenvalue weighted by Crippen LogP contribution is 2.16. The Morgan fingerprint density at radius 3 is 2.48 bits per heavy atom. The number of hydrogen-bond acceptors (Lipinski definition) is 1. The molecule has 0 radical (unpaired) electrons. The first-order valence-corrected chi connectivity index (χ1v) is 6.85. The highest BCUT2D eigenvalue weighted by molar-refractivity contribution is 6.11. The topological polar surface area (TPSA) is 25.6 Å². The third kappa shape index (κ3) is 1.75. The Morgan fingerprint density at radius 1 is 0.857 bits per heavy atom. The van der Waals surface area contributed by atoms with Crippen LogP contribution in [0.3, 0.4) is 0 Å². The van der Waals surface area contributed by atoms with Gasteiger partial charge in [0.25, 0.3) is 5.65 Å². The molecule has 3 heteroatoms. The fourth-order valence-corrected chi connectivity index (χ4v) is 2.73. The van der Waals surface area contributed by atoms with E-state index in [-0.39, 0.29) is 5.78 Å². The van der Waals surface area contributed by atoms with Crippen molar-refractivity contribution < 1.29 is 9.20 Å². The molecule has 0 bridgehead atoms. The summed E-state index contributed by atoms with van der Waals surface area (Å²) in [5, 5.41) is 0. The molecule has 0 fully saturated rings. The van der Waals surface area contributed by atoms with Crippen molar-refractivity contribution in [3.05, 3.63) is 90.4 Å². The van der Waals surface area contributed by atoms with Crippen molar-refractivity contribution in [1.29, 1.82) is 0 Å². The van der Waals surface area contributed by atoms with Gasteiger partial charge in [0.15, 0.2) is 5.52 Å². The van der Waals surface area contributed by atoms with Gasteiger partial charge in [0.1, 0.15) is 0 Å². The Kier molecular flexibility index (Phi) is 2.57. The van der Waals surface area contributed by atoms with E-state index in [1.54, 1.807) is 0 Å². The van der Waals surface area contributed by atoms with Gasteiger partial charge in [-0.05, 0) is 18.2 Å². The SMILES string of the molecule is O=C(c1ccccc1)c1c2ccccn2c2cccc[n+]12. The van der Waals surface area contributed by atoms with Gasteiger partial charge in [0, 0.05) is 11.6 Å². The first kappa shape index (κ1) is 11.9. The molecule has 0 atom stereocenters. The number of rotatable bonds is 2. The second kappa shape index (κ2) is 4.56. The molecule has 0 amide bonds. The summed E-state index contributed by atoms with van der Waals surface area (Å²) in [6.07, 6.45) is 3.91. The van der Waals surface area contributed by atoms with Crippen molar-refractivity contribution >= 4 is 16.9 Å². The fraction of sp³-hybridized carbons (Fsp3) is 0. The molecule has 0 N–H and O–H groups in total. The first-order chi connectivity index (χ1) is 10.4. The monoisotopic (exact) mass is 273 g/mol. The number of nitrogens with zero attached hydrogens (tertiary/aromatic N) is 2. The Morgan fingerprint density at radius 2 is 1.62 bits per heavy atom. The summed E-state index contributed by atoms with van der Waals surface area (Å²) >= 11 is 0. The van der Waals surface area contributed by atoms with Gasteiger partial charge >= 0.3 is 0 Å². The second-order valence-corrected chi connectivity index (χ2v) is 4.93. The molecule has 0 aliphatic heterocycles. The number of pyridine rings is 2. The molecule has 0 saturated heterocycles. The van der Waals surface area contributed by atoms with Crippen LogP contribution in [-0.4, -0.2) is 10.2 Å². The lowest BCUT2D eigenvalue weighted by atomic mass is 10.1. The van der Waals surface area contributed by atoms with E-state index in [0.29, 0.717) is 11.3 Å². The number of imidazole rings is 1. The zero-order valence-corrected chi connectivity index (χ0v) is 11.3. The van der Waals surface area contributed by atoms with E-state index >= 15 is 0 Å². The number of hydrogen-bond donors (Lipinski definition) is 0. The minimum absolute atomic E-state index is 0.0329. The normalized spacial score (nSPS) is 11.0. The molecular weight excluding hydrogens is 260 g/mol. The van der Waals surface area contributed by atoms with Crippen LogP contribution < -0.4 is 4.40 Å². The number of fused-ring (bicyclic) bond motifs is 3. The second-order valence-electron chi connectivity index (χ2n) is 4.93. The third-order valence-electron chi connectivity index (χ3n) is 3.68. The maximum Gasteiger partial charge on any atom is 0.291 e. The fourth-order valence-electron chi connectivity index (χ4n) is 2.73. The zero-order chi connectivity index (χ0) is 14.2. The minimum Gasteiger partial charge on any atom is -0.284 e. The molecule has 0 saturated carbocycles.